The van der Waals surface area contributed by atoms with Gasteiger partial charge in [0.2, 0.25) is 5.78 Å². The van der Waals surface area contributed by atoms with Gasteiger partial charge in [0.1, 0.15) is 9.71 Å². The smallest absolute Gasteiger partial charge is 0.206 e. The molecule has 0 fully saturated rings. The molecule has 3 rings (SSSR count). The molecule has 0 aliphatic heterocycles. The van der Waals surface area contributed by atoms with E-state index in [1.54, 1.807) is 6.20 Å². The fourth-order valence-electron chi connectivity index (χ4n) is 2.33. The van der Waals surface area contributed by atoms with E-state index in [2.05, 4.69) is 4.98 Å². The molecule has 2 N–H and O–H groups in total. The molecule has 0 amide bonds. The Morgan fingerprint density at radius 1 is 1.40 bits per heavy atom. The standard InChI is InChI=1S/C15H15N3OS/c1-8-7-11(9(2)18(8)3)13(19)14-12(16)10-5-4-6-17-15(10)20-14/h4-7H,16H2,1-3H3. The van der Waals surface area contributed by atoms with E-state index >= 15 is 0 Å². The van der Waals surface area contributed by atoms with Crippen molar-refractivity contribution < 1.29 is 4.79 Å². The number of nitrogen functional groups attached to an aromatic ring is 1. The molecule has 0 atom stereocenters. The predicted molar refractivity (Wildman–Crippen MR) is 82.4 cm³/mol. The molecular formula is C15H15N3OS. The number of rotatable bonds is 2. The molecule has 0 unspecified atom stereocenters. The Labute approximate surface area is 120 Å². The van der Waals surface area contributed by atoms with E-state index in [0.29, 0.717) is 16.1 Å². The van der Waals surface area contributed by atoms with Crippen molar-refractivity contribution in [1.29, 1.82) is 0 Å². The van der Waals surface area contributed by atoms with Gasteiger partial charge < -0.3 is 10.3 Å². The van der Waals surface area contributed by atoms with Crippen LogP contribution in [0.5, 0.6) is 0 Å². The number of thiophene rings is 1. The number of fused-ring (bicyclic) bond motifs is 1. The van der Waals surface area contributed by atoms with E-state index in [1.807, 2.05) is 43.7 Å². The molecule has 0 saturated heterocycles. The Morgan fingerprint density at radius 3 is 2.75 bits per heavy atom. The maximum Gasteiger partial charge on any atom is 0.206 e. The Morgan fingerprint density at radius 2 is 2.15 bits per heavy atom. The first-order valence-corrected chi connectivity index (χ1v) is 7.13. The van der Waals surface area contributed by atoms with Gasteiger partial charge in [0.15, 0.2) is 0 Å². The molecule has 3 heterocycles. The van der Waals surface area contributed by atoms with Crippen molar-refractivity contribution in [1.82, 2.24) is 9.55 Å². The summed E-state index contributed by atoms with van der Waals surface area (Å²) in [7, 11) is 1.96. The van der Waals surface area contributed by atoms with Crippen molar-refractivity contribution in [3.63, 3.8) is 0 Å². The summed E-state index contributed by atoms with van der Waals surface area (Å²) < 4.78 is 2.01. The van der Waals surface area contributed by atoms with Gasteiger partial charge in [-0.1, -0.05) is 0 Å². The van der Waals surface area contributed by atoms with Crippen LogP contribution in [0.3, 0.4) is 0 Å². The first-order valence-electron chi connectivity index (χ1n) is 6.31. The van der Waals surface area contributed by atoms with Crippen LogP contribution in [0.15, 0.2) is 24.4 Å². The molecule has 0 saturated carbocycles. The third-order valence-electron chi connectivity index (χ3n) is 3.73. The minimum absolute atomic E-state index is 0.0216. The highest BCUT2D eigenvalue weighted by Gasteiger charge is 2.21. The van der Waals surface area contributed by atoms with E-state index in [1.165, 1.54) is 11.3 Å². The average Bonchev–Trinajstić information content (AvgIpc) is 2.91. The molecule has 20 heavy (non-hydrogen) atoms. The van der Waals surface area contributed by atoms with E-state index in [4.69, 9.17) is 5.73 Å². The largest absolute Gasteiger partial charge is 0.397 e. The third-order valence-corrected chi connectivity index (χ3v) is 4.86. The fraction of sp³-hybridized carbons (Fsp3) is 0.200. The highest BCUT2D eigenvalue weighted by Crippen LogP contribution is 2.34. The lowest BCUT2D eigenvalue weighted by molar-refractivity contribution is 0.104. The van der Waals surface area contributed by atoms with Gasteiger partial charge in [-0.2, -0.15) is 0 Å². The number of carbonyl (C=O) groups is 1. The van der Waals surface area contributed by atoms with Gasteiger partial charge in [0.05, 0.1) is 5.69 Å². The van der Waals surface area contributed by atoms with Gasteiger partial charge in [0.25, 0.3) is 0 Å². The second-order valence-electron chi connectivity index (χ2n) is 4.87. The number of aromatic nitrogens is 2. The summed E-state index contributed by atoms with van der Waals surface area (Å²) in [5.41, 5.74) is 9.37. The molecule has 0 radical (unpaired) electrons. The molecule has 5 heteroatoms. The number of aryl methyl sites for hydroxylation is 1. The maximum atomic E-state index is 12.7. The molecule has 0 aliphatic rings. The molecular weight excluding hydrogens is 270 g/mol. The summed E-state index contributed by atoms with van der Waals surface area (Å²) in [5, 5.41) is 0.853. The fourth-order valence-corrected chi connectivity index (χ4v) is 3.34. The molecule has 102 valence electrons. The minimum Gasteiger partial charge on any atom is -0.397 e. The van der Waals surface area contributed by atoms with Crippen LogP contribution < -0.4 is 5.73 Å². The third kappa shape index (κ3) is 1.74. The van der Waals surface area contributed by atoms with Crippen LogP contribution in [0, 0.1) is 13.8 Å². The Bertz CT molecular complexity index is 829. The van der Waals surface area contributed by atoms with E-state index in [0.717, 1.165) is 21.6 Å². The summed E-state index contributed by atoms with van der Waals surface area (Å²) in [4.78, 5) is 18.4. The molecule has 0 aliphatic carbocycles. The second kappa shape index (κ2) is 4.45. The number of hydrogen-bond acceptors (Lipinski definition) is 4. The Balaban J connectivity index is 2.17. The number of hydrogen-bond donors (Lipinski definition) is 1. The van der Waals surface area contributed by atoms with Gasteiger partial charge in [-0.15, -0.1) is 11.3 Å². The highest BCUT2D eigenvalue weighted by atomic mass is 32.1. The van der Waals surface area contributed by atoms with Gasteiger partial charge in [-0.25, -0.2) is 4.98 Å². The molecule has 0 bridgehead atoms. The van der Waals surface area contributed by atoms with Crippen LogP contribution in [-0.2, 0) is 7.05 Å². The van der Waals surface area contributed by atoms with Crippen molar-refractivity contribution in [2.75, 3.05) is 5.73 Å². The zero-order chi connectivity index (χ0) is 14.4. The van der Waals surface area contributed by atoms with Crippen LogP contribution in [0.1, 0.15) is 26.6 Å². The number of pyridine rings is 1. The summed E-state index contributed by atoms with van der Waals surface area (Å²) in [6.45, 7) is 3.93. The van der Waals surface area contributed by atoms with E-state index < -0.39 is 0 Å². The molecule has 0 spiro atoms. The second-order valence-corrected chi connectivity index (χ2v) is 5.87. The lowest BCUT2D eigenvalue weighted by atomic mass is 10.1. The lowest BCUT2D eigenvalue weighted by Gasteiger charge is -2.01. The highest BCUT2D eigenvalue weighted by molar-refractivity contribution is 7.21. The van der Waals surface area contributed by atoms with Gasteiger partial charge in [-0.3, -0.25) is 4.79 Å². The SMILES string of the molecule is Cc1cc(C(=O)c2sc3ncccc3c2N)c(C)n1C. The number of anilines is 1. The van der Waals surface area contributed by atoms with Crippen molar-refractivity contribution in [3.8, 4) is 0 Å². The zero-order valence-electron chi connectivity index (χ0n) is 11.6. The van der Waals surface area contributed by atoms with Crippen LogP contribution in [0.25, 0.3) is 10.2 Å². The van der Waals surface area contributed by atoms with E-state index in [-0.39, 0.29) is 5.78 Å². The van der Waals surface area contributed by atoms with E-state index in [9.17, 15) is 4.79 Å². The van der Waals surface area contributed by atoms with Crippen molar-refractivity contribution >= 4 is 33.0 Å². The van der Waals surface area contributed by atoms with Gasteiger partial charge in [-0.05, 0) is 32.0 Å². The Hall–Kier alpha value is -2.14. The molecule has 3 aromatic rings. The van der Waals surface area contributed by atoms with Crippen LogP contribution in [0.4, 0.5) is 5.69 Å². The summed E-state index contributed by atoms with van der Waals surface area (Å²) >= 11 is 1.36. The number of nitrogens with two attached hydrogens (primary N) is 1. The maximum absolute atomic E-state index is 12.7. The first-order chi connectivity index (χ1) is 9.50. The average molecular weight is 285 g/mol. The minimum atomic E-state index is -0.0216. The lowest BCUT2D eigenvalue weighted by Crippen LogP contribution is -2.04. The molecule has 3 aromatic heterocycles. The number of ketones is 1. The van der Waals surface area contributed by atoms with Crippen LogP contribution in [-0.4, -0.2) is 15.3 Å². The van der Waals surface area contributed by atoms with Crippen molar-refractivity contribution in [2.45, 2.75) is 13.8 Å². The Kier molecular flexibility index (Phi) is 2.87. The predicted octanol–water partition coefficient (Wildman–Crippen LogP) is 3.06. The zero-order valence-corrected chi connectivity index (χ0v) is 12.4. The molecule has 4 nitrogen and oxygen atoms in total. The summed E-state index contributed by atoms with van der Waals surface area (Å²) in [5.74, 6) is -0.0216. The van der Waals surface area contributed by atoms with Crippen molar-refractivity contribution in [3.05, 3.63) is 46.2 Å². The van der Waals surface area contributed by atoms with Crippen LogP contribution in [0.2, 0.25) is 0 Å². The molecule has 0 aromatic carbocycles. The number of nitrogens with zero attached hydrogens (tertiary/aromatic N) is 2. The normalized spacial score (nSPS) is 11.2. The summed E-state index contributed by atoms with van der Waals surface area (Å²) in [6, 6.07) is 5.64. The van der Waals surface area contributed by atoms with Crippen LogP contribution >= 0.6 is 11.3 Å². The number of carbonyl (C=O) groups excluding carboxylic acids is 1. The quantitative estimate of drug-likeness (QED) is 0.736. The van der Waals surface area contributed by atoms with Gasteiger partial charge in [0, 0.05) is 35.6 Å². The van der Waals surface area contributed by atoms with Gasteiger partial charge >= 0.3 is 0 Å². The topological polar surface area (TPSA) is 60.9 Å². The van der Waals surface area contributed by atoms with Crippen molar-refractivity contribution in [2.24, 2.45) is 7.05 Å². The monoisotopic (exact) mass is 285 g/mol. The summed E-state index contributed by atoms with van der Waals surface area (Å²) in [6.07, 6.45) is 1.71. The first kappa shape index (κ1) is 12.9.